The van der Waals surface area contributed by atoms with Crippen LogP contribution < -0.4 is 0 Å². The lowest BCUT2D eigenvalue weighted by atomic mass is 9.79. The molecule has 0 bridgehead atoms. The fraction of sp³-hybridized carbons (Fsp3) is 1.00. The predicted octanol–water partition coefficient (Wildman–Crippen LogP) is 4.81. The molecular weight excluding hydrogens is 224 g/mol. The smallest absolute Gasteiger partial charge is 0.0674 e. The van der Waals surface area contributed by atoms with Gasteiger partial charge >= 0.3 is 0 Å². The summed E-state index contributed by atoms with van der Waals surface area (Å²) in [5.41, 5.74) is -0.234. The molecular formula is C16H34O2. The molecule has 0 aliphatic carbocycles. The summed E-state index contributed by atoms with van der Waals surface area (Å²) in [5, 5.41) is 0. The maximum absolute atomic E-state index is 6.06. The van der Waals surface area contributed by atoms with Gasteiger partial charge in [0.15, 0.2) is 0 Å². The van der Waals surface area contributed by atoms with Gasteiger partial charge in [0.2, 0.25) is 0 Å². The van der Waals surface area contributed by atoms with Crippen molar-refractivity contribution >= 4 is 0 Å². The summed E-state index contributed by atoms with van der Waals surface area (Å²) in [5.74, 6) is 0. The van der Waals surface area contributed by atoms with Crippen LogP contribution in [0, 0.1) is 5.41 Å². The molecule has 0 aromatic rings. The van der Waals surface area contributed by atoms with Gasteiger partial charge in [-0.15, -0.1) is 0 Å². The SMILES string of the molecule is CC(C)(C)OC(C)(C)CCOC(C)(C)C(C)(C)C. The minimum absolute atomic E-state index is 0.108. The van der Waals surface area contributed by atoms with Crippen molar-refractivity contribution < 1.29 is 9.47 Å². The van der Waals surface area contributed by atoms with Gasteiger partial charge < -0.3 is 9.47 Å². The average Bonchev–Trinajstić information content (AvgIpc) is 1.94. The van der Waals surface area contributed by atoms with Gasteiger partial charge in [0, 0.05) is 0 Å². The number of ether oxygens (including phenoxy) is 2. The molecule has 0 atom stereocenters. The maximum Gasteiger partial charge on any atom is 0.0674 e. The first-order valence-electron chi connectivity index (χ1n) is 7.00. The first-order chi connectivity index (χ1) is 7.66. The Balaban J connectivity index is 4.28. The van der Waals surface area contributed by atoms with E-state index in [1.54, 1.807) is 0 Å². The molecule has 0 aliphatic rings. The normalized spacial score (nSPS) is 15.0. The van der Waals surface area contributed by atoms with Crippen LogP contribution >= 0.6 is 0 Å². The third-order valence-electron chi connectivity index (χ3n) is 3.56. The van der Waals surface area contributed by atoms with Gasteiger partial charge in [-0.05, 0) is 60.3 Å². The van der Waals surface area contributed by atoms with Crippen molar-refractivity contribution in [2.75, 3.05) is 6.61 Å². The van der Waals surface area contributed by atoms with E-state index in [2.05, 4.69) is 69.2 Å². The predicted molar refractivity (Wildman–Crippen MR) is 79.0 cm³/mol. The van der Waals surface area contributed by atoms with Gasteiger partial charge in [-0.3, -0.25) is 0 Å². The Morgan fingerprint density at radius 1 is 0.722 bits per heavy atom. The zero-order chi connectivity index (χ0) is 14.8. The monoisotopic (exact) mass is 258 g/mol. The highest BCUT2D eigenvalue weighted by molar-refractivity contribution is 4.84. The molecule has 0 unspecified atom stereocenters. The van der Waals surface area contributed by atoms with Gasteiger partial charge in [0.1, 0.15) is 0 Å². The molecule has 0 fully saturated rings. The fourth-order valence-electron chi connectivity index (χ4n) is 1.65. The van der Waals surface area contributed by atoms with E-state index in [4.69, 9.17) is 9.47 Å². The fourth-order valence-corrected chi connectivity index (χ4v) is 1.65. The topological polar surface area (TPSA) is 18.5 Å². The summed E-state index contributed by atoms with van der Waals surface area (Å²) >= 11 is 0. The van der Waals surface area contributed by atoms with E-state index in [0.29, 0.717) is 0 Å². The molecule has 0 aliphatic heterocycles. The number of rotatable bonds is 5. The van der Waals surface area contributed by atoms with Crippen LogP contribution in [0.4, 0.5) is 0 Å². The van der Waals surface area contributed by atoms with Crippen LogP contribution in [0.15, 0.2) is 0 Å². The maximum atomic E-state index is 6.06. The van der Waals surface area contributed by atoms with Crippen molar-refractivity contribution in [2.24, 2.45) is 5.41 Å². The summed E-state index contributed by atoms with van der Waals surface area (Å²) in [7, 11) is 0. The van der Waals surface area contributed by atoms with Gasteiger partial charge in [0.25, 0.3) is 0 Å². The Kier molecular flexibility index (Phi) is 5.48. The van der Waals surface area contributed by atoms with E-state index >= 15 is 0 Å². The van der Waals surface area contributed by atoms with Crippen molar-refractivity contribution in [2.45, 2.75) is 92.5 Å². The van der Waals surface area contributed by atoms with E-state index in [-0.39, 0.29) is 22.2 Å². The van der Waals surface area contributed by atoms with E-state index in [1.807, 2.05) is 0 Å². The summed E-state index contributed by atoms with van der Waals surface area (Å²) in [6.07, 6.45) is 0.907. The Morgan fingerprint density at radius 3 is 1.50 bits per heavy atom. The minimum atomic E-state index is -0.147. The molecule has 2 nitrogen and oxygen atoms in total. The lowest BCUT2D eigenvalue weighted by Crippen LogP contribution is -2.41. The van der Waals surface area contributed by atoms with Crippen LogP contribution in [0.25, 0.3) is 0 Å². The standard InChI is InChI=1S/C16H34O2/c1-13(2,3)16(9,10)17-12-11-15(7,8)18-14(4,5)6/h11-12H2,1-10H3. The summed E-state index contributed by atoms with van der Waals surface area (Å²) in [4.78, 5) is 0. The number of hydrogen-bond acceptors (Lipinski definition) is 2. The van der Waals surface area contributed by atoms with Crippen LogP contribution in [0.2, 0.25) is 0 Å². The van der Waals surface area contributed by atoms with Crippen molar-refractivity contribution in [3.63, 3.8) is 0 Å². The molecule has 0 spiro atoms. The van der Waals surface area contributed by atoms with Crippen LogP contribution in [0.5, 0.6) is 0 Å². The second kappa shape index (κ2) is 5.50. The molecule has 0 radical (unpaired) electrons. The largest absolute Gasteiger partial charge is 0.375 e. The zero-order valence-corrected chi connectivity index (χ0v) is 14.2. The summed E-state index contributed by atoms with van der Waals surface area (Å²) in [6, 6.07) is 0. The minimum Gasteiger partial charge on any atom is -0.375 e. The van der Waals surface area contributed by atoms with E-state index in [0.717, 1.165) is 13.0 Å². The van der Waals surface area contributed by atoms with Crippen LogP contribution in [0.1, 0.15) is 75.7 Å². The highest BCUT2D eigenvalue weighted by atomic mass is 16.5. The van der Waals surface area contributed by atoms with Crippen molar-refractivity contribution in [3.05, 3.63) is 0 Å². The Morgan fingerprint density at radius 2 is 1.17 bits per heavy atom. The molecule has 0 rings (SSSR count). The second-order valence-electron chi connectivity index (χ2n) is 8.33. The van der Waals surface area contributed by atoms with Crippen molar-refractivity contribution in [1.29, 1.82) is 0 Å². The molecule has 0 amide bonds. The molecule has 0 saturated heterocycles. The first kappa shape index (κ1) is 17.9. The van der Waals surface area contributed by atoms with Gasteiger partial charge in [-0.2, -0.15) is 0 Å². The molecule has 110 valence electrons. The average molecular weight is 258 g/mol. The number of hydrogen-bond donors (Lipinski definition) is 0. The molecule has 18 heavy (non-hydrogen) atoms. The molecule has 2 heteroatoms. The van der Waals surface area contributed by atoms with Crippen molar-refractivity contribution in [1.82, 2.24) is 0 Å². The van der Waals surface area contributed by atoms with Crippen LogP contribution in [0.3, 0.4) is 0 Å². The van der Waals surface area contributed by atoms with Gasteiger partial charge in [-0.1, -0.05) is 20.8 Å². The molecule has 0 aromatic carbocycles. The highest BCUT2D eigenvalue weighted by Gasteiger charge is 2.34. The Labute approximate surface area is 114 Å². The zero-order valence-electron chi connectivity index (χ0n) is 14.2. The molecule has 0 heterocycles. The molecule has 0 N–H and O–H groups in total. The van der Waals surface area contributed by atoms with Crippen LogP contribution in [-0.2, 0) is 9.47 Å². The molecule has 0 aromatic heterocycles. The van der Waals surface area contributed by atoms with Crippen molar-refractivity contribution in [3.8, 4) is 0 Å². The van der Waals surface area contributed by atoms with E-state index < -0.39 is 0 Å². The third-order valence-corrected chi connectivity index (χ3v) is 3.56. The molecule has 0 saturated carbocycles. The van der Waals surface area contributed by atoms with E-state index in [9.17, 15) is 0 Å². The van der Waals surface area contributed by atoms with E-state index in [1.165, 1.54) is 0 Å². The first-order valence-corrected chi connectivity index (χ1v) is 7.00. The summed E-state index contributed by atoms with van der Waals surface area (Å²) in [6.45, 7) is 22.2. The third kappa shape index (κ3) is 6.75. The highest BCUT2D eigenvalue weighted by Crippen LogP contribution is 2.33. The Hall–Kier alpha value is -0.0800. The Bertz CT molecular complexity index is 251. The lowest BCUT2D eigenvalue weighted by Gasteiger charge is -2.40. The van der Waals surface area contributed by atoms with Crippen LogP contribution in [-0.4, -0.2) is 23.4 Å². The quantitative estimate of drug-likeness (QED) is 0.704. The lowest BCUT2D eigenvalue weighted by molar-refractivity contribution is -0.144. The van der Waals surface area contributed by atoms with Gasteiger partial charge in [-0.25, -0.2) is 0 Å². The second-order valence-corrected chi connectivity index (χ2v) is 8.33. The van der Waals surface area contributed by atoms with Gasteiger partial charge in [0.05, 0.1) is 23.4 Å². The summed E-state index contributed by atoms with van der Waals surface area (Å²) < 4.78 is 12.1.